The average Bonchev–Trinajstić information content (AvgIpc) is 3.71. The van der Waals surface area contributed by atoms with Crippen LogP contribution in [0.1, 0.15) is 45.0 Å². The van der Waals surface area contributed by atoms with Crippen molar-refractivity contribution in [3.05, 3.63) is 92.6 Å². The smallest absolute Gasteiger partial charge is 0.410 e. The van der Waals surface area contributed by atoms with Crippen LogP contribution in [0.5, 0.6) is 5.88 Å². The highest BCUT2D eigenvalue weighted by Crippen LogP contribution is 2.42. The molecule has 2 N–H and O–H groups in total. The van der Waals surface area contributed by atoms with Gasteiger partial charge in [0.1, 0.15) is 17.7 Å². The molecule has 1 atom stereocenters. The van der Waals surface area contributed by atoms with E-state index in [4.69, 9.17) is 37.7 Å². The first-order valence-corrected chi connectivity index (χ1v) is 17.1. The average molecular weight is 734 g/mol. The normalized spacial score (nSPS) is 14.5. The summed E-state index contributed by atoms with van der Waals surface area (Å²) >= 11 is 14.1. The van der Waals surface area contributed by atoms with Gasteiger partial charge in [0, 0.05) is 65.6 Å². The van der Waals surface area contributed by atoms with Gasteiger partial charge in [0.2, 0.25) is 11.8 Å². The third-order valence-electron chi connectivity index (χ3n) is 8.62. The van der Waals surface area contributed by atoms with Crippen molar-refractivity contribution in [1.29, 1.82) is 0 Å². The van der Waals surface area contributed by atoms with Gasteiger partial charge in [-0.15, -0.1) is 0 Å². The maximum atomic E-state index is 13.3. The van der Waals surface area contributed by atoms with Crippen LogP contribution >= 0.6 is 23.2 Å². The van der Waals surface area contributed by atoms with Crippen LogP contribution in [0.4, 0.5) is 4.79 Å². The van der Waals surface area contributed by atoms with E-state index >= 15 is 0 Å². The fraction of sp³-hybridized carbons (Fsp3) is 0.324. The number of hydrogen-bond donors (Lipinski definition) is 2. The van der Waals surface area contributed by atoms with Crippen LogP contribution in [0.25, 0.3) is 39.0 Å². The summed E-state index contributed by atoms with van der Waals surface area (Å²) in [4.78, 5) is 44.4. The predicted octanol–water partition coefficient (Wildman–Crippen LogP) is 6.25. The fourth-order valence-corrected chi connectivity index (χ4v) is 6.75. The summed E-state index contributed by atoms with van der Waals surface area (Å²) in [5.74, 6) is 0.499. The molecule has 1 fully saturated rings. The number of amides is 2. The molecule has 6 rings (SSSR count). The molecule has 0 spiro atoms. The van der Waals surface area contributed by atoms with E-state index < -0.39 is 11.7 Å². The molecule has 0 unspecified atom stereocenters. The first-order chi connectivity index (χ1) is 24.3. The van der Waals surface area contributed by atoms with Gasteiger partial charge < -0.3 is 24.8 Å². The zero-order valence-corrected chi connectivity index (χ0v) is 30.4. The molecule has 51 heavy (non-hydrogen) atoms. The van der Waals surface area contributed by atoms with Crippen LogP contribution in [-0.4, -0.2) is 66.5 Å². The molecule has 0 saturated carbocycles. The lowest BCUT2D eigenvalue weighted by Crippen LogP contribution is -2.43. The first kappa shape index (κ1) is 35.9. The van der Waals surface area contributed by atoms with E-state index in [-0.39, 0.29) is 43.0 Å². The number of pyridine rings is 1. The van der Waals surface area contributed by atoms with Gasteiger partial charge in [-0.2, -0.15) is 5.10 Å². The van der Waals surface area contributed by atoms with E-state index in [1.54, 1.807) is 45.0 Å². The van der Waals surface area contributed by atoms with Crippen LogP contribution in [0.15, 0.2) is 65.6 Å². The molecule has 1 saturated heterocycles. The van der Waals surface area contributed by atoms with Gasteiger partial charge in [-0.1, -0.05) is 59.6 Å². The Morgan fingerprint density at radius 1 is 1.04 bits per heavy atom. The minimum Gasteiger partial charge on any atom is -0.481 e. The van der Waals surface area contributed by atoms with Crippen molar-refractivity contribution in [2.24, 2.45) is 7.05 Å². The largest absolute Gasteiger partial charge is 0.481 e. The number of hydrogen-bond acceptors (Lipinski definition) is 8. The molecule has 0 bridgehead atoms. The predicted molar refractivity (Wildman–Crippen MR) is 195 cm³/mol. The third-order valence-corrected chi connectivity index (χ3v) is 9.44. The van der Waals surface area contributed by atoms with Gasteiger partial charge in [0.05, 0.1) is 29.4 Å². The summed E-state index contributed by atoms with van der Waals surface area (Å²) in [5, 5.41) is 17.8. The Hall–Kier alpha value is -4.91. The highest BCUT2D eigenvalue weighted by molar-refractivity contribution is 6.39. The number of aliphatic hydroxyl groups is 1. The number of benzene rings is 2. The number of nitrogens with one attached hydrogen (secondary N) is 1. The Morgan fingerprint density at radius 2 is 1.71 bits per heavy atom. The van der Waals surface area contributed by atoms with Crippen molar-refractivity contribution in [2.75, 3.05) is 13.7 Å². The number of halogens is 2. The molecule has 266 valence electrons. The SMILES string of the molecule is COc1nc(-c2cccc(-c3cccc(-c4cc5c(=O)n(C)c(CO)nn5c4)c3Cl)c2Cl)ccc1CN(C[C@H]1CCC(=O)N1)C(=O)OC(C)(C)C. The highest BCUT2D eigenvalue weighted by atomic mass is 35.5. The van der Waals surface area contributed by atoms with Gasteiger partial charge in [-0.3, -0.25) is 14.2 Å². The summed E-state index contributed by atoms with van der Waals surface area (Å²) in [5.41, 5.74) is 3.85. The Kier molecular flexibility index (Phi) is 10.1. The molecule has 1 aliphatic rings. The molecular weight excluding hydrogens is 695 g/mol. The van der Waals surface area contributed by atoms with Crippen molar-refractivity contribution in [2.45, 2.75) is 58.4 Å². The Balaban J connectivity index is 1.32. The van der Waals surface area contributed by atoms with E-state index in [0.717, 1.165) is 0 Å². The fourth-order valence-electron chi connectivity index (χ4n) is 6.09. The number of rotatable bonds is 9. The summed E-state index contributed by atoms with van der Waals surface area (Å²) in [6.07, 6.45) is 2.23. The second-order valence-electron chi connectivity index (χ2n) is 13.4. The van der Waals surface area contributed by atoms with Crippen LogP contribution in [0, 0.1) is 0 Å². The molecule has 2 amide bonds. The lowest BCUT2D eigenvalue weighted by atomic mass is 9.97. The van der Waals surface area contributed by atoms with Crippen molar-refractivity contribution in [3.8, 4) is 39.4 Å². The van der Waals surface area contributed by atoms with Gasteiger partial charge in [-0.05, 0) is 45.4 Å². The third kappa shape index (κ3) is 7.44. The maximum Gasteiger partial charge on any atom is 0.410 e. The van der Waals surface area contributed by atoms with E-state index in [0.29, 0.717) is 73.4 Å². The van der Waals surface area contributed by atoms with Crippen molar-refractivity contribution < 1.29 is 24.2 Å². The number of aliphatic hydroxyl groups excluding tert-OH is 1. The van der Waals surface area contributed by atoms with Gasteiger partial charge >= 0.3 is 6.09 Å². The number of carbonyl (C=O) groups is 2. The quantitative estimate of drug-likeness (QED) is 0.181. The molecule has 4 heterocycles. The van der Waals surface area contributed by atoms with Crippen LogP contribution < -0.4 is 15.6 Å². The topological polar surface area (TPSA) is 140 Å². The number of ether oxygens (including phenoxy) is 2. The highest BCUT2D eigenvalue weighted by Gasteiger charge is 2.29. The number of aromatic nitrogens is 4. The molecule has 0 radical (unpaired) electrons. The summed E-state index contributed by atoms with van der Waals surface area (Å²) in [7, 11) is 3.07. The van der Waals surface area contributed by atoms with Crippen molar-refractivity contribution in [1.82, 2.24) is 29.4 Å². The van der Waals surface area contributed by atoms with E-state index in [9.17, 15) is 19.5 Å². The first-order valence-electron chi connectivity index (χ1n) is 16.4. The summed E-state index contributed by atoms with van der Waals surface area (Å²) in [6.45, 7) is 5.44. The second-order valence-corrected chi connectivity index (χ2v) is 14.1. The molecule has 2 aromatic carbocycles. The van der Waals surface area contributed by atoms with Crippen LogP contribution in [0.2, 0.25) is 10.0 Å². The van der Waals surface area contributed by atoms with Crippen molar-refractivity contribution in [3.63, 3.8) is 0 Å². The molecular formula is C37H38Cl2N6O6. The lowest BCUT2D eigenvalue weighted by Gasteiger charge is -2.29. The summed E-state index contributed by atoms with van der Waals surface area (Å²) < 4.78 is 14.1. The minimum absolute atomic E-state index is 0.0415. The van der Waals surface area contributed by atoms with E-state index in [1.807, 2.05) is 48.5 Å². The molecule has 3 aromatic heterocycles. The standard InChI is InChI=1S/C37H38Cl2N6O6/c1-37(2,3)51-36(49)44(19-23-13-15-31(47)40-23)17-21-12-14-28(41-34(21)50-5)27-11-7-10-26(33(27)39)25-9-6-8-24(32(25)38)22-16-29-35(48)43(4)30(20-46)42-45(29)18-22/h6-12,14,16,18,23,46H,13,15,17,19-20H2,1-5H3,(H,40,47)/t23-/m1/s1. The van der Waals surface area contributed by atoms with Crippen molar-refractivity contribution >= 4 is 40.7 Å². The van der Waals surface area contributed by atoms with Gasteiger partial charge in [0.25, 0.3) is 5.56 Å². The Labute approximate surface area is 304 Å². The van der Waals surface area contributed by atoms with E-state index in [1.165, 1.54) is 16.2 Å². The Morgan fingerprint density at radius 3 is 2.33 bits per heavy atom. The van der Waals surface area contributed by atoms with Gasteiger partial charge in [0.15, 0.2) is 5.82 Å². The minimum atomic E-state index is -0.707. The second kappa shape index (κ2) is 14.4. The molecule has 14 heteroatoms. The lowest BCUT2D eigenvalue weighted by molar-refractivity contribution is -0.119. The molecule has 5 aromatic rings. The van der Waals surface area contributed by atoms with Crippen LogP contribution in [-0.2, 0) is 29.7 Å². The van der Waals surface area contributed by atoms with E-state index in [2.05, 4.69) is 10.4 Å². The number of fused-ring (bicyclic) bond motifs is 1. The number of methoxy groups -OCH3 is 1. The van der Waals surface area contributed by atoms with Gasteiger partial charge in [-0.25, -0.2) is 14.3 Å². The Bertz CT molecular complexity index is 2210. The molecule has 1 aliphatic heterocycles. The molecule has 0 aliphatic carbocycles. The van der Waals surface area contributed by atoms with Crippen LogP contribution in [0.3, 0.4) is 0 Å². The monoisotopic (exact) mass is 732 g/mol. The zero-order chi connectivity index (χ0) is 36.6. The number of nitrogens with zero attached hydrogens (tertiary/aromatic N) is 5. The summed E-state index contributed by atoms with van der Waals surface area (Å²) in [6, 6.07) is 16.3. The maximum absolute atomic E-state index is 13.3. The number of carbonyl (C=O) groups excluding carboxylic acids is 2. The molecule has 12 nitrogen and oxygen atoms in total. The zero-order valence-electron chi connectivity index (χ0n) is 28.9.